The first-order valence-electron chi connectivity index (χ1n) is 8.81. The molecule has 1 aliphatic carbocycles. The summed E-state index contributed by atoms with van der Waals surface area (Å²) in [4.78, 5) is 14.8. The predicted octanol–water partition coefficient (Wildman–Crippen LogP) is 3.95. The highest BCUT2D eigenvalue weighted by Gasteiger charge is 2.35. The van der Waals surface area contributed by atoms with Crippen LogP contribution < -0.4 is 4.74 Å². The Morgan fingerprint density at radius 3 is 2.83 bits per heavy atom. The zero-order chi connectivity index (χ0) is 16.2. The van der Waals surface area contributed by atoms with Gasteiger partial charge in [0.25, 0.3) is 0 Å². The number of carbonyl (C=O) groups excluding carboxylic acids is 1. The molecule has 0 aromatic heterocycles. The van der Waals surface area contributed by atoms with Gasteiger partial charge in [-0.2, -0.15) is 0 Å². The predicted molar refractivity (Wildman–Crippen MR) is 88.0 cm³/mol. The Morgan fingerprint density at radius 1 is 1.26 bits per heavy atom. The second-order valence-corrected chi connectivity index (χ2v) is 6.81. The Bertz CT molecular complexity index is 558. The number of carbonyl (C=O) groups is 1. The largest absolute Gasteiger partial charge is 0.494 e. The van der Waals surface area contributed by atoms with Crippen molar-refractivity contribution in [3.63, 3.8) is 0 Å². The summed E-state index contributed by atoms with van der Waals surface area (Å²) in [5.74, 6) is 0.835. The van der Waals surface area contributed by atoms with E-state index < -0.39 is 0 Å². The molecular weight excluding hydrogens is 293 g/mol. The second kappa shape index (κ2) is 7.33. The zero-order valence-corrected chi connectivity index (χ0v) is 13.9. The van der Waals surface area contributed by atoms with Crippen LogP contribution in [0.1, 0.15) is 50.5 Å². The molecule has 2 fully saturated rings. The van der Waals surface area contributed by atoms with Crippen molar-refractivity contribution in [3.8, 4) is 5.75 Å². The Hall–Kier alpha value is -1.58. The number of hydrogen-bond acceptors (Lipinski definition) is 2. The van der Waals surface area contributed by atoms with Crippen molar-refractivity contribution in [2.45, 2.75) is 57.4 Å². The van der Waals surface area contributed by atoms with Crippen LogP contribution >= 0.6 is 0 Å². The van der Waals surface area contributed by atoms with Crippen LogP contribution in [0, 0.1) is 11.7 Å². The maximum atomic E-state index is 13.7. The van der Waals surface area contributed by atoms with Crippen molar-refractivity contribution in [1.29, 1.82) is 0 Å². The van der Waals surface area contributed by atoms with E-state index >= 15 is 0 Å². The molecule has 3 rings (SSSR count). The molecule has 0 spiro atoms. The van der Waals surface area contributed by atoms with Crippen LogP contribution in [0.25, 0.3) is 0 Å². The van der Waals surface area contributed by atoms with Crippen LogP contribution in [-0.4, -0.2) is 30.5 Å². The molecule has 1 amide bonds. The third-order valence-electron chi connectivity index (χ3n) is 5.41. The number of methoxy groups -OCH3 is 1. The molecule has 1 saturated carbocycles. The van der Waals surface area contributed by atoms with Gasteiger partial charge in [-0.25, -0.2) is 4.39 Å². The van der Waals surface area contributed by atoms with Crippen molar-refractivity contribution in [2.75, 3.05) is 13.7 Å². The highest BCUT2D eigenvalue weighted by atomic mass is 19.1. The fourth-order valence-electron chi connectivity index (χ4n) is 4.19. The number of aryl methyl sites for hydroxylation is 1. The molecular formula is C19H26FNO2. The van der Waals surface area contributed by atoms with Crippen LogP contribution in [-0.2, 0) is 11.2 Å². The van der Waals surface area contributed by atoms with Gasteiger partial charge in [-0.05, 0) is 55.7 Å². The van der Waals surface area contributed by atoms with Gasteiger partial charge in [0.1, 0.15) is 0 Å². The Labute approximate surface area is 137 Å². The zero-order valence-electron chi connectivity index (χ0n) is 13.9. The van der Waals surface area contributed by atoms with Gasteiger partial charge in [-0.1, -0.05) is 18.9 Å². The molecule has 0 N–H and O–H groups in total. The first-order chi connectivity index (χ1) is 11.2. The highest BCUT2D eigenvalue weighted by Crippen LogP contribution is 2.35. The van der Waals surface area contributed by atoms with E-state index in [4.69, 9.17) is 4.74 Å². The molecule has 0 radical (unpaired) electrons. The molecule has 1 aromatic rings. The first-order valence-corrected chi connectivity index (χ1v) is 8.81. The summed E-state index contributed by atoms with van der Waals surface area (Å²) in [7, 11) is 1.46. The number of likely N-dealkylation sites (tertiary alicyclic amines) is 1. The molecule has 23 heavy (non-hydrogen) atoms. The van der Waals surface area contributed by atoms with E-state index in [1.807, 2.05) is 6.07 Å². The highest BCUT2D eigenvalue weighted by molar-refractivity contribution is 5.77. The molecule has 4 heteroatoms. The molecule has 1 aromatic carbocycles. The number of rotatable bonds is 4. The average Bonchev–Trinajstić information content (AvgIpc) is 2.59. The summed E-state index contributed by atoms with van der Waals surface area (Å²) in [5, 5.41) is 0. The number of benzene rings is 1. The van der Waals surface area contributed by atoms with Crippen molar-refractivity contribution in [1.82, 2.24) is 4.90 Å². The van der Waals surface area contributed by atoms with E-state index in [2.05, 4.69) is 4.90 Å². The Morgan fingerprint density at radius 2 is 2.04 bits per heavy atom. The summed E-state index contributed by atoms with van der Waals surface area (Å²) >= 11 is 0. The smallest absolute Gasteiger partial charge is 0.223 e. The minimum absolute atomic E-state index is 0.234. The number of piperidine rings is 1. The van der Waals surface area contributed by atoms with Gasteiger partial charge < -0.3 is 9.64 Å². The third-order valence-corrected chi connectivity index (χ3v) is 5.41. The van der Waals surface area contributed by atoms with Gasteiger partial charge in [0.15, 0.2) is 11.6 Å². The van der Waals surface area contributed by atoms with Crippen molar-refractivity contribution in [2.24, 2.45) is 5.92 Å². The van der Waals surface area contributed by atoms with Crippen LogP contribution in [0.15, 0.2) is 18.2 Å². The molecule has 3 nitrogen and oxygen atoms in total. The lowest BCUT2D eigenvalue weighted by atomic mass is 9.78. The molecule has 1 saturated heterocycles. The molecule has 126 valence electrons. The summed E-state index contributed by atoms with van der Waals surface area (Å²) in [6.45, 7) is 0.900. The van der Waals surface area contributed by atoms with Gasteiger partial charge in [0.2, 0.25) is 5.91 Å². The molecule has 2 aliphatic rings. The molecule has 1 heterocycles. The van der Waals surface area contributed by atoms with Crippen LogP contribution in [0.2, 0.25) is 0 Å². The topological polar surface area (TPSA) is 29.5 Å². The molecule has 0 bridgehead atoms. The van der Waals surface area contributed by atoms with Crippen LogP contribution in [0.4, 0.5) is 4.39 Å². The standard InChI is InChI=1S/C19H26FNO2/c1-23-18-10-8-14(13-16(18)20)9-11-19(22)21-12-4-6-15-5-2-3-7-17(15)21/h8,10,13,15,17H,2-7,9,11-12H2,1H3. The monoisotopic (exact) mass is 319 g/mol. The Kier molecular flexibility index (Phi) is 5.19. The van der Waals surface area contributed by atoms with E-state index in [1.165, 1.54) is 38.9 Å². The van der Waals surface area contributed by atoms with E-state index in [-0.39, 0.29) is 17.5 Å². The Balaban J connectivity index is 1.59. The lowest BCUT2D eigenvalue weighted by Crippen LogP contribution is -2.49. The van der Waals surface area contributed by atoms with Gasteiger partial charge in [-0.3, -0.25) is 4.79 Å². The lowest BCUT2D eigenvalue weighted by Gasteiger charge is -2.44. The minimum Gasteiger partial charge on any atom is -0.494 e. The van der Waals surface area contributed by atoms with Gasteiger partial charge in [0, 0.05) is 19.0 Å². The maximum Gasteiger partial charge on any atom is 0.223 e. The normalized spacial score (nSPS) is 24.2. The van der Waals surface area contributed by atoms with Crippen molar-refractivity contribution < 1.29 is 13.9 Å². The first kappa shape index (κ1) is 16.3. The van der Waals surface area contributed by atoms with Crippen molar-refractivity contribution in [3.05, 3.63) is 29.6 Å². The second-order valence-electron chi connectivity index (χ2n) is 6.81. The van der Waals surface area contributed by atoms with E-state index in [1.54, 1.807) is 6.07 Å². The summed E-state index contributed by atoms with van der Waals surface area (Å²) in [5.41, 5.74) is 0.855. The van der Waals surface area contributed by atoms with E-state index in [0.717, 1.165) is 24.9 Å². The van der Waals surface area contributed by atoms with Crippen molar-refractivity contribution >= 4 is 5.91 Å². The summed E-state index contributed by atoms with van der Waals surface area (Å²) in [6, 6.07) is 5.41. The SMILES string of the molecule is COc1ccc(CCC(=O)N2CCCC3CCCCC32)cc1F. The minimum atomic E-state index is -0.359. The van der Waals surface area contributed by atoms with E-state index in [9.17, 15) is 9.18 Å². The number of nitrogens with zero attached hydrogens (tertiary/aromatic N) is 1. The maximum absolute atomic E-state index is 13.7. The molecule has 2 atom stereocenters. The fourth-order valence-corrected chi connectivity index (χ4v) is 4.19. The number of amides is 1. The van der Waals surface area contributed by atoms with E-state index in [0.29, 0.717) is 24.8 Å². The van der Waals surface area contributed by atoms with Crippen LogP contribution in [0.5, 0.6) is 5.75 Å². The van der Waals surface area contributed by atoms with Gasteiger partial charge in [0.05, 0.1) is 7.11 Å². The molecule has 1 aliphatic heterocycles. The lowest BCUT2D eigenvalue weighted by molar-refractivity contribution is -0.137. The summed E-state index contributed by atoms with van der Waals surface area (Å²) in [6.07, 6.45) is 8.46. The summed E-state index contributed by atoms with van der Waals surface area (Å²) < 4.78 is 18.7. The fraction of sp³-hybridized carbons (Fsp3) is 0.632. The van der Waals surface area contributed by atoms with Crippen LogP contribution in [0.3, 0.4) is 0 Å². The van der Waals surface area contributed by atoms with Gasteiger partial charge in [-0.15, -0.1) is 0 Å². The third kappa shape index (κ3) is 3.67. The number of fused-ring (bicyclic) bond motifs is 1. The quantitative estimate of drug-likeness (QED) is 0.841. The van der Waals surface area contributed by atoms with Gasteiger partial charge >= 0.3 is 0 Å². The average molecular weight is 319 g/mol. The number of ether oxygens (including phenoxy) is 1. The number of hydrogen-bond donors (Lipinski definition) is 0. The number of halogens is 1. The molecule has 2 unspecified atom stereocenters.